The van der Waals surface area contributed by atoms with Crippen LogP contribution in [0.2, 0.25) is 0 Å². The van der Waals surface area contributed by atoms with E-state index in [1.54, 1.807) is 0 Å². The van der Waals surface area contributed by atoms with Crippen molar-refractivity contribution in [2.75, 3.05) is 0 Å². The Morgan fingerprint density at radius 2 is 1.92 bits per heavy atom. The summed E-state index contributed by atoms with van der Waals surface area (Å²) in [6, 6.07) is 0. The van der Waals surface area contributed by atoms with Gasteiger partial charge in [0.15, 0.2) is 0 Å². The second kappa shape index (κ2) is 3.32. The third kappa shape index (κ3) is 3.37. The summed E-state index contributed by atoms with van der Waals surface area (Å²) in [7, 11) is 0. The van der Waals surface area contributed by atoms with Crippen molar-refractivity contribution in [2.45, 2.75) is 58.9 Å². The van der Waals surface area contributed by atoms with Crippen LogP contribution in [0.1, 0.15) is 53.4 Å². The van der Waals surface area contributed by atoms with E-state index in [1.165, 1.54) is 6.42 Å². The van der Waals surface area contributed by atoms with E-state index in [2.05, 4.69) is 33.0 Å². The molecule has 0 heterocycles. The number of amides is 1. The van der Waals surface area contributed by atoms with Crippen molar-refractivity contribution in [2.24, 2.45) is 5.41 Å². The quantitative estimate of drug-likeness (QED) is 0.700. The first-order valence-corrected chi connectivity index (χ1v) is 5.12. The highest BCUT2D eigenvalue weighted by atomic mass is 16.1. The van der Waals surface area contributed by atoms with Crippen LogP contribution in [-0.2, 0) is 4.79 Å². The van der Waals surface area contributed by atoms with Gasteiger partial charge in [0.25, 0.3) is 0 Å². The summed E-state index contributed by atoms with van der Waals surface area (Å²) in [5.41, 5.74) is 0.215. The zero-order valence-corrected chi connectivity index (χ0v) is 9.24. The lowest BCUT2D eigenvalue weighted by molar-refractivity contribution is -0.125. The minimum absolute atomic E-state index is 0.101. The number of hydrogen-bond donors (Lipinski definition) is 1. The Morgan fingerprint density at radius 1 is 1.38 bits per heavy atom. The highest BCUT2D eigenvalue weighted by molar-refractivity contribution is 5.77. The summed E-state index contributed by atoms with van der Waals surface area (Å²) in [6.07, 6.45) is 4.17. The van der Waals surface area contributed by atoms with E-state index in [0.29, 0.717) is 6.42 Å². The highest BCUT2D eigenvalue weighted by Gasteiger charge is 2.33. The van der Waals surface area contributed by atoms with Crippen molar-refractivity contribution >= 4 is 5.91 Å². The molecule has 1 rings (SSSR count). The number of carbonyl (C=O) groups excluding carboxylic acids is 1. The second-order valence-electron chi connectivity index (χ2n) is 5.70. The SMILES string of the molecule is CC(C)(C)CC(=O)NC1(C)CCC1. The minimum atomic E-state index is 0.101. The first-order chi connectivity index (χ1) is 5.81. The molecule has 0 atom stereocenters. The predicted molar refractivity (Wildman–Crippen MR) is 54.5 cm³/mol. The van der Waals surface area contributed by atoms with E-state index in [0.717, 1.165) is 12.8 Å². The van der Waals surface area contributed by atoms with E-state index in [1.807, 2.05) is 0 Å². The Balaban J connectivity index is 2.33. The van der Waals surface area contributed by atoms with Crippen molar-refractivity contribution < 1.29 is 4.79 Å². The topological polar surface area (TPSA) is 29.1 Å². The molecule has 0 aromatic carbocycles. The maximum absolute atomic E-state index is 11.6. The minimum Gasteiger partial charge on any atom is -0.351 e. The summed E-state index contributed by atoms with van der Waals surface area (Å²) in [4.78, 5) is 11.6. The molecule has 0 aromatic rings. The Kier molecular flexibility index (Phi) is 2.69. The van der Waals surface area contributed by atoms with Crippen LogP contribution in [0.15, 0.2) is 0 Å². The van der Waals surface area contributed by atoms with Gasteiger partial charge >= 0.3 is 0 Å². The van der Waals surface area contributed by atoms with Gasteiger partial charge in [-0.1, -0.05) is 20.8 Å². The number of hydrogen-bond acceptors (Lipinski definition) is 1. The maximum Gasteiger partial charge on any atom is 0.220 e. The van der Waals surface area contributed by atoms with E-state index in [4.69, 9.17) is 0 Å². The van der Waals surface area contributed by atoms with Crippen LogP contribution in [-0.4, -0.2) is 11.4 Å². The van der Waals surface area contributed by atoms with Gasteiger partial charge in [0.2, 0.25) is 5.91 Å². The van der Waals surface area contributed by atoms with Crippen LogP contribution in [0.25, 0.3) is 0 Å². The molecule has 1 N–H and O–H groups in total. The zero-order chi connectivity index (χ0) is 10.1. The fraction of sp³-hybridized carbons (Fsp3) is 0.909. The van der Waals surface area contributed by atoms with Gasteiger partial charge in [0, 0.05) is 12.0 Å². The predicted octanol–water partition coefficient (Wildman–Crippen LogP) is 2.48. The van der Waals surface area contributed by atoms with Crippen LogP contribution >= 0.6 is 0 Å². The average molecular weight is 183 g/mol. The van der Waals surface area contributed by atoms with Crippen molar-refractivity contribution in [3.05, 3.63) is 0 Å². The Bertz CT molecular complexity index is 199. The fourth-order valence-electron chi connectivity index (χ4n) is 1.69. The third-order valence-electron chi connectivity index (χ3n) is 2.59. The van der Waals surface area contributed by atoms with Crippen LogP contribution < -0.4 is 5.32 Å². The van der Waals surface area contributed by atoms with Crippen LogP contribution in [0.5, 0.6) is 0 Å². The lowest BCUT2D eigenvalue weighted by atomic mass is 9.78. The first-order valence-electron chi connectivity index (χ1n) is 5.12. The standard InChI is InChI=1S/C11H21NO/c1-10(2,3)8-9(13)12-11(4)6-5-7-11/h5-8H2,1-4H3,(H,12,13). The van der Waals surface area contributed by atoms with Gasteiger partial charge < -0.3 is 5.32 Å². The molecule has 0 aliphatic heterocycles. The van der Waals surface area contributed by atoms with Gasteiger partial charge in [-0.15, -0.1) is 0 Å². The van der Waals surface area contributed by atoms with Gasteiger partial charge in [-0.05, 0) is 31.6 Å². The molecule has 0 unspecified atom stereocenters. The molecule has 2 nitrogen and oxygen atoms in total. The first kappa shape index (κ1) is 10.6. The molecule has 0 radical (unpaired) electrons. The lowest BCUT2D eigenvalue weighted by Crippen LogP contribution is -2.51. The van der Waals surface area contributed by atoms with Gasteiger partial charge in [-0.2, -0.15) is 0 Å². The monoisotopic (exact) mass is 183 g/mol. The van der Waals surface area contributed by atoms with E-state index < -0.39 is 0 Å². The Morgan fingerprint density at radius 3 is 2.23 bits per heavy atom. The summed E-state index contributed by atoms with van der Waals surface area (Å²) in [5.74, 6) is 0.203. The zero-order valence-electron chi connectivity index (χ0n) is 9.24. The Hall–Kier alpha value is -0.530. The summed E-state index contributed by atoms with van der Waals surface area (Å²) in [6.45, 7) is 8.41. The van der Waals surface area contributed by atoms with Crippen LogP contribution in [0.3, 0.4) is 0 Å². The Labute approximate surface area is 81.1 Å². The van der Waals surface area contributed by atoms with Gasteiger partial charge in [0.05, 0.1) is 0 Å². The summed E-state index contributed by atoms with van der Waals surface area (Å²) < 4.78 is 0. The molecular formula is C11H21NO. The maximum atomic E-state index is 11.6. The van der Waals surface area contributed by atoms with Crippen LogP contribution in [0.4, 0.5) is 0 Å². The normalized spacial score (nSPS) is 20.6. The van der Waals surface area contributed by atoms with E-state index >= 15 is 0 Å². The third-order valence-corrected chi connectivity index (χ3v) is 2.59. The fourth-order valence-corrected chi connectivity index (χ4v) is 1.69. The molecular weight excluding hydrogens is 162 g/mol. The molecule has 1 fully saturated rings. The second-order valence-corrected chi connectivity index (χ2v) is 5.70. The molecule has 0 spiro atoms. The molecule has 1 saturated carbocycles. The molecule has 1 aliphatic carbocycles. The van der Waals surface area contributed by atoms with Crippen molar-refractivity contribution in [3.63, 3.8) is 0 Å². The van der Waals surface area contributed by atoms with Gasteiger partial charge in [-0.3, -0.25) is 4.79 Å². The molecule has 1 aliphatic rings. The van der Waals surface area contributed by atoms with Crippen molar-refractivity contribution in [1.82, 2.24) is 5.32 Å². The van der Waals surface area contributed by atoms with Crippen LogP contribution in [0, 0.1) is 5.41 Å². The number of rotatable bonds is 2. The molecule has 0 saturated heterocycles. The molecule has 0 bridgehead atoms. The highest BCUT2D eigenvalue weighted by Crippen LogP contribution is 2.31. The molecule has 2 heteroatoms. The van der Waals surface area contributed by atoms with E-state index in [9.17, 15) is 4.79 Å². The molecule has 1 amide bonds. The molecule has 0 aromatic heterocycles. The summed E-state index contributed by atoms with van der Waals surface area (Å²) in [5, 5.41) is 3.11. The molecule has 13 heavy (non-hydrogen) atoms. The molecule has 76 valence electrons. The summed E-state index contributed by atoms with van der Waals surface area (Å²) >= 11 is 0. The van der Waals surface area contributed by atoms with Gasteiger partial charge in [0.1, 0.15) is 0 Å². The van der Waals surface area contributed by atoms with Crippen molar-refractivity contribution in [1.29, 1.82) is 0 Å². The lowest BCUT2D eigenvalue weighted by Gasteiger charge is -2.39. The average Bonchev–Trinajstić information content (AvgIpc) is 1.79. The number of nitrogens with one attached hydrogen (secondary N) is 1. The smallest absolute Gasteiger partial charge is 0.220 e. The largest absolute Gasteiger partial charge is 0.351 e. The number of carbonyl (C=O) groups is 1. The van der Waals surface area contributed by atoms with Gasteiger partial charge in [-0.25, -0.2) is 0 Å². The van der Waals surface area contributed by atoms with Crippen molar-refractivity contribution in [3.8, 4) is 0 Å². The van der Waals surface area contributed by atoms with E-state index in [-0.39, 0.29) is 16.9 Å².